The lowest BCUT2D eigenvalue weighted by atomic mass is 10.0. The van der Waals surface area contributed by atoms with E-state index in [1.165, 1.54) is 5.57 Å². The normalized spacial score (nSPS) is 19.1. The molecule has 5 rings (SSSR count). The first-order valence-electron chi connectivity index (χ1n) is 11.4. The van der Waals surface area contributed by atoms with Crippen LogP contribution in [0.5, 0.6) is 5.75 Å². The highest BCUT2D eigenvalue weighted by Gasteiger charge is 2.22. The van der Waals surface area contributed by atoms with Gasteiger partial charge in [0.1, 0.15) is 23.2 Å². The second-order valence-electron chi connectivity index (χ2n) is 8.49. The molecule has 0 bridgehead atoms. The van der Waals surface area contributed by atoms with Crippen LogP contribution in [0.4, 0.5) is 5.69 Å². The molecule has 0 saturated carbocycles. The summed E-state index contributed by atoms with van der Waals surface area (Å²) < 4.78 is 1.96. The number of nitrogens with one attached hydrogen (secondary N) is 1. The van der Waals surface area contributed by atoms with E-state index in [1.54, 1.807) is 0 Å². The average molecular weight is 435 g/mol. The molecule has 1 saturated heterocycles. The van der Waals surface area contributed by atoms with Gasteiger partial charge in [0, 0.05) is 56.5 Å². The number of rotatable bonds is 3. The Balaban J connectivity index is 1.40. The van der Waals surface area contributed by atoms with Crippen LogP contribution in [0.3, 0.4) is 0 Å². The minimum absolute atomic E-state index is 0.219. The number of phenols is 1. The van der Waals surface area contributed by atoms with Gasteiger partial charge >= 0.3 is 0 Å². The van der Waals surface area contributed by atoms with Gasteiger partial charge in [-0.05, 0) is 31.6 Å². The van der Waals surface area contributed by atoms with Crippen LogP contribution in [0, 0.1) is 6.92 Å². The Hall–Kier alpha value is -3.20. The van der Waals surface area contributed by atoms with Crippen LogP contribution in [-0.4, -0.2) is 69.0 Å². The third-order valence-electron chi connectivity index (χ3n) is 6.33. The molecule has 1 aromatic heterocycles. The molecule has 0 unspecified atom stereocenters. The molecule has 0 atom stereocenters. The molecule has 32 heavy (non-hydrogen) atoms. The molecule has 3 aliphatic rings. The molecule has 9 nitrogen and oxygen atoms in total. The Bertz CT molecular complexity index is 1090. The quantitative estimate of drug-likeness (QED) is 0.768. The zero-order valence-electron chi connectivity index (χ0n) is 18.8. The van der Waals surface area contributed by atoms with E-state index in [1.807, 2.05) is 29.8 Å². The van der Waals surface area contributed by atoms with Crippen LogP contribution < -0.4 is 10.2 Å². The zero-order valence-corrected chi connectivity index (χ0v) is 18.8. The van der Waals surface area contributed by atoms with Gasteiger partial charge in [-0.2, -0.15) is 5.10 Å². The number of hydrogen-bond donors (Lipinski definition) is 2. The summed E-state index contributed by atoms with van der Waals surface area (Å²) in [6, 6.07) is 5.81. The molecule has 2 N–H and O–H groups in total. The van der Waals surface area contributed by atoms with Gasteiger partial charge in [0.15, 0.2) is 0 Å². The molecular formula is C23H30N8O. The van der Waals surface area contributed by atoms with Crippen LogP contribution in [0.15, 0.2) is 40.1 Å². The monoisotopic (exact) mass is 434 g/mol. The Labute approximate surface area is 188 Å². The fourth-order valence-electron chi connectivity index (χ4n) is 4.49. The summed E-state index contributed by atoms with van der Waals surface area (Å²) in [7, 11) is 0. The number of benzene rings is 1. The number of allylic oxidation sites excluding steroid dienone is 1. The molecule has 2 aromatic rings. The van der Waals surface area contributed by atoms with Gasteiger partial charge in [0.2, 0.25) is 0 Å². The van der Waals surface area contributed by atoms with E-state index in [9.17, 15) is 5.11 Å². The van der Waals surface area contributed by atoms with E-state index in [0.717, 1.165) is 75.3 Å². The van der Waals surface area contributed by atoms with Crippen molar-refractivity contribution in [1.29, 1.82) is 0 Å². The molecule has 4 heterocycles. The molecular weight excluding hydrogens is 404 g/mol. The molecule has 0 amide bonds. The van der Waals surface area contributed by atoms with Crippen molar-refractivity contribution in [3.8, 4) is 5.75 Å². The second kappa shape index (κ2) is 8.74. The largest absolute Gasteiger partial charge is 0.507 e. The average Bonchev–Trinajstić information content (AvgIpc) is 3.05. The van der Waals surface area contributed by atoms with Gasteiger partial charge in [-0.25, -0.2) is 9.67 Å². The molecule has 168 valence electrons. The minimum atomic E-state index is 0.219. The fraction of sp³-hybridized carbons (Fsp3) is 0.478. The Kier molecular flexibility index (Phi) is 5.65. The number of nitrogens with zero attached hydrogens (tertiary/aromatic N) is 7. The Morgan fingerprint density at radius 1 is 1.06 bits per heavy atom. The van der Waals surface area contributed by atoms with Crippen molar-refractivity contribution in [2.75, 3.05) is 37.6 Å². The highest BCUT2D eigenvalue weighted by atomic mass is 16.3. The highest BCUT2D eigenvalue weighted by molar-refractivity contribution is 6.12. The summed E-state index contributed by atoms with van der Waals surface area (Å²) >= 11 is 0. The van der Waals surface area contributed by atoms with Gasteiger partial charge in [-0.3, -0.25) is 0 Å². The van der Waals surface area contributed by atoms with E-state index in [0.29, 0.717) is 17.8 Å². The van der Waals surface area contributed by atoms with Crippen molar-refractivity contribution in [3.05, 3.63) is 47.1 Å². The predicted molar refractivity (Wildman–Crippen MR) is 125 cm³/mol. The molecule has 0 radical (unpaired) electrons. The number of amidine groups is 1. The summed E-state index contributed by atoms with van der Waals surface area (Å²) in [5, 5.41) is 27.9. The van der Waals surface area contributed by atoms with Gasteiger partial charge in [-0.15, -0.1) is 10.2 Å². The summed E-state index contributed by atoms with van der Waals surface area (Å²) in [5.41, 5.74) is 3.66. The predicted octanol–water partition coefficient (Wildman–Crippen LogP) is 2.06. The van der Waals surface area contributed by atoms with Crippen LogP contribution in [0.1, 0.15) is 37.0 Å². The molecule has 3 aliphatic heterocycles. The van der Waals surface area contributed by atoms with Crippen molar-refractivity contribution in [2.24, 2.45) is 10.2 Å². The van der Waals surface area contributed by atoms with Gasteiger partial charge in [-0.1, -0.05) is 12.5 Å². The maximum atomic E-state index is 10.9. The number of anilines is 1. The van der Waals surface area contributed by atoms with Crippen LogP contribution in [-0.2, 0) is 13.1 Å². The zero-order chi connectivity index (χ0) is 22.1. The smallest absolute Gasteiger partial charge is 0.147 e. The van der Waals surface area contributed by atoms with Crippen molar-refractivity contribution in [1.82, 2.24) is 25.0 Å². The summed E-state index contributed by atoms with van der Waals surface area (Å²) in [6.45, 7) is 10.2. The van der Waals surface area contributed by atoms with E-state index < -0.39 is 0 Å². The molecule has 0 aliphatic carbocycles. The fourth-order valence-corrected chi connectivity index (χ4v) is 4.49. The van der Waals surface area contributed by atoms with E-state index in [2.05, 4.69) is 48.4 Å². The first-order valence-corrected chi connectivity index (χ1v) is 11.4. The summed E-state index contributed by atoms with van der Waals surface area (Å²) in [4.78, 5) is 9.04. The first-order chi connectivity index (χ1) is 15.6. The summed E-state index contributed by atoms with van der Waals surface area (Å²) in [5.74, 6) is 2.98. The number of aryl methyl sites for hydroxylation is 1. The van der Waals surface area contributed by atoms with Crippen molar-refractivity contribution in [3.63, 3.8) is 0 Å². The number of aromatic nitrogens is 3. The standard InChI is InChI=1S/C23H30N8O/c1-3-17-12-20(26-27-22(13-17)29-8-6-24-7-9-29)19-5-4-18(14-21(19)32)30-10-11-31-23(15-30)25-16(2)28-31/h4-5,12,14,24,32H,3,6-11,13,15H2,1-2H3. The number of hydrogen-bond acceptors (Lipinski definition) is 8. The van der Waals surface area contributed by atoms with Gasteiger partial charge in [0.25, 0.3) is 0 Å². The van der Waals surface area contributed by atoms with Crippen LogP contribution in [0.2, 0.25) is 0 Å². The van der Waals surface area contributed by atoms with Crippen molar-refractivity contribution >= 4 is 17.2 Å². The third kappa shape index (κ3) is 4.12. The number of fused-ring (bicyclic) bond motifs is 1. The maximum absolute atomic E-state index is 10.9. The minimum Gasteiger partial charge on any atom is -0.507 e. The maximum Gasteiger partial charge on any atom is 0.147 e. The van der Waals surface area contributed by atoms with E-state index in [4.69, 9.17) is 0 Å². The van der Waals surface area contributed by atoms with Crippen molar-refractivity contribution in [2.45, 2.75) is 39.8 Å². The molecule has 1 aromatic carbocycles. The van der Waals surface area contributed by atoms with Crippen molar-refractivity contribution < 1.29 is 5.11 Å². The lowest BCUT2D eigenvalue weighted by Crippen LogP contribution is -2.46. The molecule has 0 spiro atoms. The Morgan fingerprint density at radius 2 is 1.91 bits per heavy atom. The van der Waals surface area contributed by atoms with Gasteiger partial charge < -0.3 is 20.2 Å². The van der Waals surface area contributed by atoms with Gasteiger partial charge in [0.05, 0.1) is 18.8 Å². The molecule has 9 heteroatoms. The lowest BCUT2D eigenvalue weighted by Gasteiger charge is -2.29. The van der Waals surface area contributed by atoms with Crippen LogP contribution >= 0.6 is 0 Å². The number of piperazine rings is 1. The van der Waals surface area contributed by atoms with E-state index >= 15 is 0 Å². The third-order valence-corrected chi connectivity index (χ3v) is 6.33. The Morgan fingerprint density at radius 3 is 2.69 bits per heavy atom. The van der Waals surface area contributed by atoms with Crippen LogP contribution in [0.25, 0.3) is 0 Å². The first kappa shape index (κ1) is 20.7. The number of aromatic hydroxyl groups is 1. The summed E-state index contributed by atoms with van der Waals surface area (Å²) in [6.07, 6.45) is 3.81. The molecule has 1 fully saturated rings. The number of phenolic OH excluding ortho intramolecular Hbond substituents is 1. The highest BCUT2D eigenvalue weighted by Crippen LogP contribution is 2.29. The topological polar surface area (TPSA) is 94.2 Å². The SMILES string of the molecule is CCC1=CC(c2ccc(N3CCn4nc(C)nc4C3)cc2O)=NN=C(N2CCNCC2)C1. The van der Waals surface area contributed by atoms with E-state index in [-0.39, 0.29) is 5.75 Å². The second-order valence-corrected chi connectivity index (χ2v) is 8.49. The lowest BCUT2D eigenvalue weighted by molar-refractivity contribution is 0.352.